The smallest absolute Gasteiger partial charge is 0.1000 e. The van der Waals surface area contributed by atoms with E-state index >= 15 is 0 Å². The largest absolute Gasteiger partial charge is 0.396 e. The van der Waals surface area contributed by atoms with Crippen molar-refractivity contribution in [3.8, 4) is 0 Å². The molecule has 0 bridgehead atoms. The molecule has 1 aromatic heterocycles. The number of nitrogens with zero attached hydrogens (tertiary/aromatic N) is 2. The Morgan fingerprint density at radius 2 is 2.40 bits per heavy atom. The van der Waals surface area contributed by atoms with Gasteiger partial charge in [0.15, 0.2) is 0 Å². The molecule has 86 valence electrons. The van der Waals surface area contributed by atoms with Crippen LogP contribution in [0, 0.1) is 0 Å². The first-order valence-corrected chi connectivity index (χ1v) is 5.09. The van der Waals surface area contributed by atoms with Crippen molar-refractivity contribution in [1.29, 1.82) is 0 Å². The van der Waals surface area contributed by atoms with Crippen molar-refractivity contribution < 1.29 is 14.9 Å². The second-order valence-corrected chi connectivity index (χ2v) is 3.38. The van der Waals surface area contributed by atoms with Crippen LogP contribution < -0.4 is 0 Å². The minimum Gasteiger partial charge on any atom is -0.396 e. The zero-order chi connectivity index (χ0) is 11.1. The second kappa shape index (κ2) is 6.55. The topological polar surface area (TPSA) is 67.5 Å². The molecule has 0 amide bonds. The number of ether oxygens (including phenoxy) is 1. The highest BCUT2D eigenvalue weighted by atomic mass is 16.5. The summed E-state index contributed by atoms with van der Waals surface area (Å²) in [5, 5.41) is 22.4. The molecule has 0 aliphatic rings. The number of hydrogen-bond acceptors (Lipinski definition) is 4. The third-order valence-electron chi connectivity index (χ3n) is 2.14. The molecule has 1 atom stereocenters. The van der Waals surface area contributed by atoms with Crippen LogP contribution in [0.1, 0.15) is 24.6 Å². The fraction of sp³-hybridized carbons (Fsp3) is 0.700. The third kappa shape index (κ3) is 3.99. The van der Waals surface area contributed by atoms with Gasteiger partial charge < -0.3 is 14.9 Å². The Morgan fingerprint density at radius 3 is 3.07 bits per heavy atom. The first-order valence-electron chi connectivity index (χ1n) is 5.09. The molecule has 0 unspecified atom stereocenters. The van der Waals surface area contributed by atoms with Gasteiger partial charge in [-0.25, -0.2) is 0 Å². The van der Waals surface area contributed by atoms with Crippen molar-refractivity contribution in [2.24, 2.45) is 0 Å². The zero-order valence-corrected chi connectivity index (χ0v) is 8.96. The zero-order valence-electron chi connectivity index (χ0n) is 8.96. The highest BCUT2D eigenvalue weighted by Gasteiger charge is 2.09. The fourth-order valence-corrected chi connectivity index (χ4v) is 1.32. The first kappa shape index (κ1) is 12.2. The summed E-state index contributed by atoms with van der Waals surface area (Å²) in [6.07, 6.45) is 2.38. The first-order chi connectivity index (χ1) is 7.27. The Hall–Kier alpha value is -0.910. The number of aryl methyl sites for hydroxylation is 1. The summed E-state index contributed by atoms with van der Waals surface area (Å²) < 4.78 is 6.71. The molecule has 0 aromatic carbocycles. The van der Waals surface area contributed by atoms with Crippen molar-refractivity contribution >= 4 is 0 Å². The van der Waals surface area contributed by atoms with Gasteiger partial charge in [0, 0.05) is 39.5 Å². The van der Waals surface area contributed by atoms with E-state index in [1.54, 1.807) is 17.9 Å². The molecule has 2 N–H and O–H groups in total. The van der Waals surface area contributed by atoms with E-state index in [9.17, 15) is 5.11 Å². The molecule has 5 nitrogen and oxygen atoms in total. The Morgan fingerprint density at radius 1 is 1.60 bits per heavy atom. The third-order valence-corrected chi connectivity index (χ3v) is 2.14. The van der Waals surface area contributed by atoms with E-state index in [1.807, 2.05) is 6.20 Å². The van der Waals surface area contributed by atoms with Crippen LogP contribution >= 0.6 is 0 Å². The number of aliphatic hydroxyl groups excluding tert-OH is 2. The average Bonchev–Trinajstić information content (AvgIpc) is 2.67. The van der Waals surface area contributed by atoms with Crippen LogP contribution in [0.5, 0.6) is 0 Å². The van der Waals surface area contributed by atoms with Gasteiger partial charge in [0.25, 0.3) is 0 Å². The Kier molecular flexibility index (Phi) is 5.31. The lowest BCUT2D eigenvalue weighted by Gasteiger charge is -2.04. The van der Waals surface area contributed by atoms with Crippen molar-refractivity contribution in [2.45, 2.75) is 25.5 Å². The summed E-state index contributed by atoms with van der Waals surface area (Å²) in [4.78, 5) is 0. The molecule has 1 heterocycles. The Balaban J connectivity index is 2.41. The summed E-state index contributed by atoms with van der Waals surface area (Å²) in [5.74, 6) is 0. The van der Waals surface area contributed by atoms with E-state index in [1.165, 1.54) is 0 Å². The van der Waals surface area contributed by atoms with E-state index in [0.29, 0.717) is 18.7 Å². The quantitative estimate of drug-likeness (QED) is 0.642. The fourth-order valence-electron chi connectivity index (χ4n) is 1.32. The van der Waals surface area contributed by atoms with Gasteiger partial charge >= 0.3 is 0 Å². The lowest BCUT2D eigenvalue weighted by atomic mass is 10.2. The predicted octanol–water partition coefficient (Wildman–Crippen LogP) is 0.335. The molecule has 0 fully saturated rings. The van der Waals surface area contributed by atoms with Gasteiger partial charge in [-0.05, 0) is 12.5 Å². The molecular weight excluding hydrogens is 196 g/mol. The van der Waals surface area contributed by atoms with Gasteiger partial charge in [0.1, 0.15) is 0 Å². The van der Waals surface area contributed by atoms with Crippen molar-refractivity contribution in [2.75, 3.05) is 20.3 Å². The standard InChI is InChI=1S/C10H18N2O3/c1-15-8-2-5-12-6-3-9(11-12)10(14)4-7-13/h3,6,10,13-14H,2,4-5,7-8H2,1H3/t10-/m1/s1. The molecule has 1 rings (SSSR count). The molecule has 15 heavy (non-hydrogen) atoms. The molecule has 0 spiro atoms. The summed E-state index contributed by atoms with van der Waals surface area (Å²) in [5.41, 5.74) is 0.612. The Bertz CT molecular complexity index is 275. The molecule has 0 aliphatic heterocycles. The SMILES string of the molecule is COCCCn1ccc([C@H](O)CCO)n1. The van der Waals surface area contributed by atoms with Gasteiger partial charge in [-0.2, -0.15) is 5.10 Å². The maximum atomic E-state index is 9.54. The van der Waals surface area contributed by atoms with Gasteiger partial charge in [-0.15, -0.1) is 0 Å². The van der Waals surface area contributed by atoms with E-state index in [0.717, 1.165) is 13.0 Å². The highest BCUT2D eigenvalue weighted by Crippen LogP contribution is 2.13. The maximum absolute atomic E-state index is 9.54. The number of rotatable bonds is 7. The molecule has 0 saturated carbocycles. The van der Waals surface area contributed by atoms with Gasteiger partial charge in [0.05, 0.1) is 11.8 Å². The maximum Gasteiger partial charge on any atom is 0.1000 e. The van der Waals surface area contributed by atoms with E-state index in [2.05, 4.69) is 5.10 Å². The Labute approximate surface area is 89.3 Å². The molecule has 0 saturated heterocycles. The summed E-state index contributed by atoms with van der Waals surface area (Å²) in [6.45, 7) is 1.45. The van der Waals surface area contributed by atoms with E-state index < -0.39 is 6.10 Å². The summed E-state index contributed by atoms with van der Waals surface area (Å²) in [6, 6.07) is 1.77. The molecule has 0 aliphatic carbocycles. The minimum atomic E-state index is -0.668. The van der Waals surface area contributed by atoms with E-state index in [4.69, 9.17) is 9.84 Å². The molecular formula is C10H18N2O3. The number of aliphatic hydroxyl groups is 2. The number of aromatic nitrogens is 2. The van der Waals surface area contributed by atoms with E-state index in [-0.39, 0.29) is 6.61 Å². The summed E-state index contributed by atoms with van der Waals surface area (Å²) >= 11 is 0. The highest BCUT2D eigenvalue weighted by molar-refractivity contribution is 5.02. The van der Waals surface area contributed by atoms with Crippen molar-refractivity contribution in [1.82, 2.24) is 9.78 Å². The normalized spacial score (nSPS) is 13.0. The van der Waals surface area contributed by atoms with Crippen LogP contribution in [0.4, 0.5) is 0 Å². The van der Waals surface area contributed by atoms with Crippen LogP contribution in [0.3, 0.4) is 0 Å². The molecule has 0 radical (unpaired) electrons. The van der Waals surface area contributed by atoms with Crippen LogP contribution in [-0.4, -0.2) is 40.3 Å². The van der Waals surface area contributed by atoms with Crippen LogP contribution in [0.15, 0.2) is 12.3 Å². The monoisotopic (exact) mass is 214 g/mol. The van der Waals surface area contributed by atoms with Crippen LogP contribution in [0.2, 0.25) is 0 Å². The predicted molar refractivity (Wildman–Crippen MR) is 55.4 cm³/mol. The van der Waals surface area contributed by atoms with Crippen molar-refractivity contribution in [3.05, 3.63) is 18.0 Å². The van der Waals surface area contributed by atoms with Crippen LogP contribution in [-0.2, 0) is 11.3 Å². The second-order valence-electron chi connectivity index (χ2n) is 3.38. The molecule has 5 heteroatoms. The van der Waals surface area contributed by atoms with Gasteiger partial charge in [-0.1, -0.05) is 0 Å². The molecule has 1 aromatic rings. The number of methoxy groups -OCH3 is 1. The minimum absolute atomic E-state index is 0.0301. The van der Waals surface area contributed by atoms with Crippen LogP contribution in [0.25, 0.3) is 0 Å². The van der Waals surface area contributed by atoms with Crippen molar-refractivity contribution in [3.63, 3.8) is 0 Å². The lowest BCUT2D eigenvalue weighted by Crippen LogP contribution is -2.05. The lowest BCUT2D eigenvalue weighted by molar-refractivity contribution is 0.129. The summed E-state index contributed by atoms with van der Waals surface area (Å²) in [7, 11) is 1.67. The van der Waals surface area contributed by atoms with Gasteiger partial charge in [0.2, 0.25) is 0 Å². The number of hydrogen-bond donors (Lipinski definition) is 2. The van der Waals surface area contributed by atoms with Gasteiger partial charge in [-0.3, -0.25) is 4.68 Å². The average molecular weight is 214 g/mol.